The van der Waals surface area contributed by atoms with Gasteiger partial charge in [0.25, 0.3) is 5.91 Å². The molecule has 0 atom stereocenters. The topological polar surface area (TPSA) is 94.1 Å². The summed E-state index contributed by atoms with van der Waals surface area (Å²) < 4.78 is 5.54. The van der Waals surface area contributed by atoms with Crippen molar-refractivity contribution in [3.8, 4) is 5.75 Å². The average Bonchev–Trinajstić information content (AvgIpc) is 2.72. The quantitative estimate of drug-likeness (QED) is 0.501. The summed E-state index contributed by atoms with van der Waals surface area (Å²) in [6.07, 6.45) is 0. The van der Waals surface area contributed by atoms with Crippen molar-refractivity contribution in [3.05, 3.63) is 58.6 Å². The number of halogens is 1. The summed E-state index contributed by atoms with van der Waals surface area (Å²) in [4.78, 5) is 24.7. The molecule has 0 bridgehead atoms. The monoisotopic (exact) mass is 416 g/mol. The molecule has 0 saturated carbocycles. The minimum Gasteiger partial charge on any atom is -0.545 e. The number of carbonyl (C=O) groups excluding carboxylic acids is 2. The van der Waals surface area contributed by atoms with E-state index in [4.69, 9.17) is 16.3 Å². The Hall–Kier alpha value is -3.06. The molecule has 0 heterocycles. The number of hydrogen-bond acceptors (Lipinski definition) is 6. The lowest BCUT2D eigenvalue weighted by molar-refractivity contribution is -0.255. The molecule has 2 rings (SSSR count). The van der Waals surface area contributed by atoms with Gasteiger partial charge in [-0.15, -0.1) is 0 Å². The zero-order valence-electron chi connectivity index (χ0n) is 16.6. The zero-order chi connectivity index (χ0) is 21.4. The molecule has 154 valence electrons. The van der Waals surface area contributed by atoms with E-state index < -0.39 is 5.97 Å². The summed E-state index contributed by atoms with van der Waals surface area (Å²) in [6.45, 7) is 6.93. The molecule has 0 unspecified atom stereocenters. The molecule has 0 spiro atoms. The number of ether oxygens (including phenoxy) is 1. The number of carboxylic acids is 1. The Labute approximate surface area is 174 Å². The maximum absolute atomic E-state index is 12.0. The molecule has 0 aliphatic rings. The molecule has 7 nitrogen and oxygen atoms in total. The molecule has 0 radical (unpaired) electrons. The van der Waals surface area contributed by atoms with Crippen molar-refractivity contribution in [2.45, 2.75) is 20.8 Å². The highest BCUT2D eigenvalue weighted by Gasteiger charge is 2.10. The lowest BCUT2D eigenvalue weighted by Gasteiger charge is -2.18. The number of anilines is 1. The molecule has 8 heteroatoms. The summed E-state index contributed by atoms with van der Waals surface area (Å²) in [5.74, 6) is -0.767. The Morgan fingerprint density at radius 2 is 1.72 bits per heavy atom. The van der Waals surface area contributed by atoms with Gasteiger partial charge in [0.1, 0.15) is 5.75 Å². The van der Waals surface area contributed by atoms with Crippen LogP contribution in [0.25, 0.3) is 0 Å². The Balaban J connectivity index is 2.01. The van der Waals surface area contributed by atoms with Crippen molar-refractivity contribution < 1.29 is 19.4 Å². The predicted molar refractivity (Wildman–Crippen MR) is 111 cm³/mol. The van der Waals surface area contributed by atoms with Gasteiger partial charge in [-0.25, -0.2) is 0 Å². The number of carbonyl (C=O) groups is 2. The molecule has 0 aliphatic heterocycles. The van der Waals surface area contributed by atoms with Gasteiger partial charge in [0, 0.05) is 13.1 Å². The SMILES string of the molecule is CCN(CC)C(=O)COc1ccc(/C(C)=N\Nc2cc(C(=O)[O-])ccc2Cl)cc1. The highest BCUT2D eigenvalue weighted by molar-refractivity contribution is 6.33. The van der Waals surface area contributed by atoms with Gasteiger partial charge in [0.05, 0.1) is 22.4 Å². The molecule has 0 saturated heterocycles. The first kappa shape index (κ1) is 22.2. The fraction of sp³-hybridized carbons (Fsp3) is 0.286. The van der Waals surface area contributed by atoms with Crippen molar-refractivity contribution in [1.82, 2.24) is 4.90 Å². The van der Waals surface area contributed by atoms with Crippen LogP contribution in [0, 0.1) is 0 Å². The van der Waals surface area contributed by atoms with Crippen LogP contribution in [0.5, 0.6) is 5.75 Å². The molecule has 2 aromatic rings. The van der Waals surface area contributed by atoms with Crippen LogP contribution >= 0.6 is 11.6 Å². The third-order valence-electron chi connectivity index (χ3n) is 4.30. The minimum atomic E-state index is -1.29. The number of aromatic carboxylic acids is 1. The Morgan fingerprint density at radius 1 is 1.10 bits per heavy atom. The van der Waals surface area contributed by atoms with Crippen molar-refractivity contribution in [2.24, 2.45) is 5.10 Å². The van der Waals surface area contributed by atoms with Gasteiger partial charge in [0.15, 0.2) is 6.61 Å². The van der Waals surface area contributed by atoms with E-state index in [1.54, 1.807) is 24.0 Å². The normalized spacial score (nSPS) is 11.1. The van der Waals surface area contributed by atoms with Crippen molar-refractivity contribution in [1.29, 1.82) is 0 Å². The lowest BCUT2D eigenvalue weighted by Crippen LogP contribution is -2.34. The Kier molecular flexibility index (Phi) is 8.03. The zero-order valence-corrected chi connectivity index (χ0v) is 17.3. The fourth-order valence-corrected chi connectivity index (χ4v) is 2.71. The first-order valence-electron chi connectivity index (χ1n) is 9.17. The number of hydrogen-bond donors (Lipinski definition) is 1. The lowest BCUT2D eigenvalue weighted by atomic mass is 10.1. The van der Waals surface area contributed by atoms with Gasteiger partial charge in [-0.2, -0.15) is 5.10 Å². The smallest absolute Gasteiger partial charge is 0.260 e. The summed E-state index contributed by atoms with van der Waals surface area (Å²) in [7, 11) is 0. The van der Waals surface area contributed by atoms with Crippen molar-refractivity contribution >= 4 is 34.9 Å². The molecule has 0 fully saturated rings. The summed E-state index contributed by atoms with van der Waals surface area (Å²) in [6, 6.07) is 11.3. The van der Waals surface area contributed by atoms with Gasteiger partial charge < -0.3 is 19.5 Å². The Morgan fingerprint density at radius 3 is 2.31 bits per heavy atom. The van der Waals surface area contributed by atoms with Crippen LogP contribution in [0.2, 0.25) is 5.02 Å². The van der Waals surface area contributed by atoms with Gasteiger partial charge in [-0.1, -0.05) is 17.7 Å². The second-order valence-corrected chi connectivity index (χ2v) is 6.58. The third-order valence-corrected chi connectivity index (χ3v) is 4.63. The highest BCUT2D eigenvalue weighted by atomic mass is 35.5. The van der Waals surface area contributed by atoms with Crippen LogP contribution in [0.1, 0.15) is 36.7 Å². The predicted octanol–water partition coefficient (Wildman–Crippen LogP) is 2.79. The number of nitrogens with zero attached hydrogens (tertiary/aromatic N) is 2. The van der Waals surface area contributed by atoms with E-state index in [2.05, 4.69) is 10.5 Å². The maximum atomic E-state index is 12.0. The van der Waals surface area contributed by atoms with E-state index in [1.807, 2.05) is 26.0 Å². The van der Waals surface area contributed by atoms with Crippen LogP contribution in [0.3, 0.4) is 0 Å². The van der Waals surface area contributed by atoms with E-state index in [0.29, 0.717) is 35.3 Å². The van der Waals surface area contributed by atoms with Gasteiger partial charge >= 0.3 is 0 Å². The number of amides is 1. The Bertz CT molecular complexity index is 893. The standard InChI is InChI=1S/C21H24ClN3O4/c1-4-25(5-2)20(26)13-29-17-9-6-15(7-10-17)14(3)23-24-19-12-16(21(27)28)8-11-18(19)22/h6-12,24H,4-5,13H2,1-3H3,(H,27,28)/p-1/b23-14-. The summed E-state index contributed by atoms with van der Waals surface area (Å²) >= 11 is 6.06. The second-order valence-electron chi connectivity index (χ2n) is 6.17. The largest absolute Gasteiger partial charge is 0.545 e. The molecule has 1 N–H and O–H groups in total. The molecule has 0 aromatic heterocycles. The highest BCUT2D eigenvalue weighted by Crippen LogP contribution is 2.23. The minimum absolute atomic E-state index is 0.00511. The number of benzene rings is 2. The fourth-order valence-electron chi connectivity index (χ4n) is 2.55. The van der Waals surface area contributed by atoms with Crippen molar-refractivity contribution in [2.75, 3.05) is 25.1 Å². The van der Waals surface area contributed by atoms with Crippen LogP contribution in [-0.4, -0.2) is 42.2 Å². The van der Waals surface area contributed by atoms with Gasteiger partial charge in [-0.3, -0.25) is 10.2 Å². The average molecular weight is 417 g/mol. The number of likely N-dealkylation sites (N-methyl/N-ethyl adjacent to an activating group) is 1. The van der Waals surface area contributed by atoms with Crippen molar-refractivity contribution in [3.63, 3.8) is 0 Å². The van der Waals surface area contributed by atoms with E-state index in [1.165, 1.54) is 18.2 Å². The van der Waals surface area contributed by atoms with E-state index in [-0.39, 0.29) is 18.1 Å². The van der Waals surface area contributed by atoms with Crippen LogP contribution in [0.15, 0.2) is 47.6 Å². The summed E-state index contributed by atoms with van der Waals surface area (Å²) in [5, 5.41) is 15.6. The first-order chi connectivity index (χ1) is 13.8. The van der Waals surface area contributed by atoms with Crippen LogP contribution < -0.4 is 15.3 Å². The van der Waals surface area contributed by atoms with Crippen LogP contribution in [-0.2, 0) is 4.79 Å². The molecule has 1 amide bonds. The molecule has 0 aliphatic carbocycles. The number of nitrogens with one attached hydrogen (secondary N) is 1. The van der Waals surface area contributed by atoms with E-state index >= 15 is 0 Å². The van der Waals surface area contributed by atoms with E-state index in [9.17, 15) is 14.7 Å². The third kappa shape index (κ3) is 6.22. The maximum Gasteiger partial charge on any atom is 0.260 e. The van der Waals surface area contributed by atoms with E-state index in [0.717, 1.165) is 5.56 Å². The van der Waals surface area contributed by atoms with Crippen LogP contribution in [0.4, 0.5) is 5.69 Å². The molecular weight excluding hydrogens is 394 g/mol. The number of carboxylic acid groups (broad SMARTS) is 1. The van der Waals surface area contributed by atoms with Gasteiger partial charge in [-0.05, 0) is 68.3 Å². The molecule has 29 heavy (non-hydrogen) atoms. The molecule has 2 aromatic carbocycles. The number of rotatable bonds is 9. The van der Waals surface area contributed by atoms with Gasteiger partial charge in [0.2, 0.25) is 0 Å². The first-order valence-corrected chi connectivity index (χ1v) is 9.55. The molecular formula is C21H23ClN3O4-. The summed E-state index contributed by atoms with van der Waals surface area (Å²) in [5.41, 5.74) is 4.62. The second kappa shape index (κ2) is 10.5. The number of hydrazone groups is 1.